The minimum absolute atomic E-state index is 0.112. The van der Waals surface area contributed by atoms with Gasteiger partial charge in [-0.05, 0) is 184 Å². The molecule has 7 saturated heterocycles. The van der Waals surface area contributed by atoms with Crippen molar-refractivity contribution in [2.24, 2.45) is 23.7 Å². The number of morpholine rings is 2. The van der Waals surface area contributed by atoms with Gasteiger partial charge in [0.2, 0.25) is 0 Å². The quantitative estimate of drug-likeness (QED) is 0.0887. The molecule has 7 fully saturated rings. The van der Waals surface area contributed by atoms with Crippen molar-refractivity contribution in [2.75, 3.05) is 135 Å². The maximum absolute atomic E-state index is 12.9. The Morgan fingerprint density at radius 2 is 0.988 bits per heavy atom. The summed E-state index contributed by atoms with van der Waals surface area (Å²) in [5.41, 5.74) is 5.08. The van der Waals surface area contributed by atoms with Gasteiger partial charge in [-0.2, -0.15) is 26.3 Å². The Balaban J connectivity index is 0.000000163. The van der Waals surface area contributed by atoms with E-state index in [0.29, 0.717) is 56.4 Å². The van der Waals surface area contributed by atoms with E-state index in [1.807, 2.05) is 65.8 Å². The van der Waals surface area contributed by atoms with E-state index in [0.717, 1.165) is 129 Å². The van der Waals surface area contributed by atoms with Gasteiger partial charge in [-0.25, -0.2) is 19.6 Å². The van der Waals surface area contributed by atoms with E-state index < -0.39 is 61.4 Å². The van der Waals surface area contributed by atoms with Gasteiger partial charge in [0.1, 0.15) is 23.3 Å². The molecule has 4 amide bonds. The van der Waals surface area contributed by atoms with Crippen molar-refractivity contribution in [3.05, 3.63) is 75.4 Å². The summed E-state index contributed by atoms with van der Waals surface area (Å²) in [6.45, 7) is 28.0. The molecule has 2 aromatic heterocycles. The average Bonchev–Trinajstić information content (AvgIpc) is 2.58. The van der Waals surface area contributed by atoms with Crippen molar-refractivity contribution in [3.8, 4) is 11.1 Å². The fourth-order valence-electron chi connectivity index (χ4n) is 12.0. The lowest BCUT2D eigenvalue weighted by atomic mass is 9.76. The van der Waals surface area contributed by atoms with Gasteiger partial charge < -0.3 is 58.8 Å². The molecule has 0 aliphatic carbocycles. The smallest absolute Gasteiger partial charge is 0.399 e. The van der Waals surface area contributed by atoms with Crippen molar-refractivity contribution < 1.29 is 54.7 Å². The van der Waals surface area contributed by atoms with Crippen LogP contribution in [0, 0.1) is 41.1 Å². The van der Waals surface area contributed by atoms with Gasteiger partial charge in [0.25, 0.3) is 0 Å². The number of aryl methyl sites for hydroxylation is 2. The van der Waals surface area contributed by atoms with Gasteiger partial charge >= 0.3 is 31.5 Å². The number of amides is 4. The zero-order chi connectivity index (χ0) is 61.7. The first-order chi connectivity index (χ1) is 40.6. The van der Waals surface area contributed by atoms with Crippen molar-refractivity contribution in [1.82, 2.24) is 19.8 Å². The van der Waals surface area contributed by atoms with Crippen LogP contribution in [0.25, 0.3) is 11.1 Å². The second-order valence-corrected chi connectivity index (χ2v) is 26.6. The normalized spacial score (nSPS) is 23.1. The number of anilines is 6. The molecule has 7 aliphatic rings. The van der Waals surface area contributed by atoms with Crippen LogP contribution in [0.15, 0.2) is 60.7 Å². The lowest BCUT2D eigenvalue weighted by molar-refractivity contribution is -0.144. The molecule has 2 N–H and O–H groups in total. The number of aromatic nitrogens is 2. The predicted molar refractivity (Wildman–Crippen MR) is 335 cm³/mol. The molecule has 0 unspecified atom stereocenters. The highest BCUT2D eigenvalue weighted by molar-refractivity contribution is 14.1. The summed E-state index contributed by atoms with van der Waals surface area (Å²) in [6.07, 6.45) is -6.97. The number of nitrogens with zero attached hydrogens (tertiary/aromatic N) is 8. The number of halogens is 7. The Kier molecular flexibility index (Phi) is 20.9. The summed E-state index contributed by atoms with van der Waals surface area (Å²) >= 11 is 2.39. The second-order valence-electron chi connectivity index (χ2n) is 25.3. The van der Waals surface area contributed by atoms with E-state index in [9.17, 15) is 35.9 Å². The van der Waals surface area contributed by atoms with Gasteiger partial charge in [-0.3, -0.25) is 0 Å². The number of hydrogen-bond donors (Lipinski definition) is 2. The van der Waals surface area contributed by atoms with Gasteiger partial charge in [-0.1, -0.05) is 31.5 Å². The first kappa shape index (κ1) is 65.1. The molecule has 4 aromatic rings. The van der Waals surface area contributed by atoms with E-state index in [-0.39, 0.29) is 19.1 Å². The standard InChI is InChI=1S/C28H36F3N5O2.C20H28BF3N2O3.C14H20IN3O/c1-19-5-7-35(17-19)26-14-22(13-25(33-26)34-9-11-38-12-10-34)24-15-23(4-3-20(24)2)32-27(37)36-8-6-21(18-36)16-28(29,30)31;1-13-6-7-15(10-16(13)21-28-18(2,3)19(4,5)29-21)25-17(27)26-9-8-14(12-26)11-20(22,23)24;1-11-2-3-18(10-11)14-9-12(15)8-13(16-14)17-4-6-19-7-5-17/h3-4,13-15,19,21H,5-12,16-18H2,1-2H3,(H,32,37);6-7,10,14H,8-9,11-12H2,1-5H3,(H,25,27);8-9,11H,2-7,10H2,1H3/t19-,21+;14-;11-/m101/s1. The highest BCUT2D eigenvalue weighted by atomic mass is 127. The van der Waals surface area contributed by atoms with Crippen LogP contribution in [0.1, 0.15) is 91.2 Å². The number of nitrogens with one attached hydrogen (secondary N) is 2. The number of urea groups is 2. The zero-order valence-electron chi connectivity index (χ0n) is 50.9. The maximum atomic E-state index is 12.9. The summed E-state index contributed by atoms with van der Waals surface area (Å²) in [6, 6.07) is 19.0. The van der Waals surface area contributed by atoms with Crippen molar-refractivity contribution >= 4 is 81.9 Å². The summed E-state index contributed by atoms with van der Waals surface area (Å²) < 4.78 is 101. The highest BCUT2D eigenvalue weighted by Gasteiger charge is 2.52. The lowest BCUT2D eigenvalue weighted by Gasteiger charge is -2.32. The Morgan fingerprint density at radius 3 is 1.43 bits per heavy atom. The monoisotopic (exact) mass is 1320 g/mol. The van der Waals surface area contributed by atoms with E-state index >= 15 is 0 Å². The molecule has 9 heterocycles. The highest BCUT2D eigenvalue weighted by Crippen LogP contribution is 2.39. The van der Waals surface area contributed by atoms with Gasteiger partial charge in [-0.15, -0.1) is 0 Å². The molecule has 4 atom stereocenters. The fourth-order valence-corrected chi connectivity index (χ4v) is 12.6. The lowest BCUT2D eigenvalue weighted by Crippen LogP contribution is -2.41. The maximum Gasteiger partial charge on any atom is 0.495 e. The van der Waals surface area contributed by atoms with E-state index in [4.69, 9.17) is 28.8 Å². The molecular formula is C62H84BF6IN10O6. The number of carbonyl (C=O) groups is 2. The van der Waals surface area contributed by atoms with Crippen LogP contribution in [0.2, 0.25) is 0 Å². The van der Waals surface area contributed by atoms with E-state index in [1.54, 1.807) is 12.1 Å². The molecule has 16 nitrogen and oxygen atoms in total. The molecular weight excluding hydrogens is 1230 g/mol. The Morgan fingerprint density at radius 1 is 0.570 bits per heavy atom. The van der Waals surface area contributed by atoms with Crippen LogP contribution in [-0.2, 0) is 18.8 Å². The van der Waals surface area contributed by atoms with Gasteiger partial charge in [0, 0.05) is 106 Å². The molecule has 470 valence electrons. The van der Waals surface area contributed by atoms with Crippen LogP contribution in [-0.4, -0.2) is 167 Å². The number of likely N-dealkylation sites (tertiary alicyclic amines) is 2. The van der Waals surface area contributed by atoms with Crippen LogP contribution in [0.5, 0.6) is 0 Å². The summed E-state index contributed by atoms with van der Waals surface area (Å²) in [4.78, 5) is 47.5. The molecule has 0 radical (unpaired) electrons. The third-order valence-electron chi connectivity index (χ3n) is 17.8. The molecule has 2 aromatic carbocycles. The van der Waals surface area contributed by atoms with Crippen LogP contribution in [0.3, 0.4) is 0 Å². The minimum atomic E-state index is -4.21. The molecule has 24 heteroatoms. The molecule has 11 rings (SSSR count). The summed E-state index contributed by atoms with van der Waals surface area (Å²) in [7, 11) is -0.556. The van der Waals surface area contributed by atoms with Crippen LogP contribution in [0.4, 0.5) is 70.6 Å². The Bertz CT molecular complexity index is 2920. The Hall–Kier alpha value is -5.31. The third-order valence-corrected chi connectivity index (χ3v) is 18.4. The Labute approximate surface area is 516 Å². The van der Waals surface area contributed by atoms with Crippen molar-refractivity contribution in [2.45, 2.75) is 117 Å². The van der Waals surface area contributed by atoms with E-state index in [1.165, 1.54) is 19.8 Å². The fraction of sp³-hybridized carbons (Fsp3) is 0.613. The second kappa shape index (κ2) is 27.6. The zero-order valence-corrected chi connectivity index (χ0v) is 53.0. The SMILES string of the molecule is C[C@@H]1CCN(c2cc(I)cc(N3CCOCC3)n2)C1.Cc1ccc(NC(=O)N2CC[C@@H](CC(F)(F)F)C2)cc1-c1cc(N2CCOCC2)nc(N2CC[C@@H](C)C2)c1.Cc1ccc(NC(=O)N2CC[C@@H](CC(F)(F)F)C2)cc1B1OC(C)(C)C(C)(C)O1. The number of alkyl halides is 6. The summed E-state index contributed by atoms with van der Waals surface area (Å²) in [5.74, 6) is 4.43. The van der Waals surface area contributed by atoms with E-state index in [2.05, 4.69) is 90.9 Å². The summed E-state index contributed by atoms with van der Waals surface area (Å²) in [5, 5.41) is 5.71. The predicted octanol–water partition coefficient (Wildman–Crippen LogP) is 12.0. The largest absolute Gasteiger partial charge is 0.495 e. The van der Waals surface area contributed by atoms with Crippen LogP contribution < -0.4 is 35.7 Å². The topological polar surface area (TPSA) is 140 Å². The first-order valence-corrected chi connectivity index (χ1v) is 31.4. The number of carbonyl (C=O) groups excluding carboxylic acids is 2. The van der Waals surface area contributed by atoms with Crippen LogP contribution >= 0.6 is 22.6 Å². The molecule has 0 bridgehead atoms. The number of rotatable bonds is 10. The molecule has 86 heavy (non-hydrogen) atoms. The first-order valence-electron chi connectivity index (χ1n) is 30.3. The molecule has 0 spiro atoms. The molecule has 7 aliphatic heterocycles. The number of benzene rings is 2. The molecule has 0 saturated carbocycles. The number of ether oxygens (including phenoxy) is 2. The third kappa shape index (κ3) is 17.3. The van der Waals surface area contributed by atoms with Gasteiger partial charge in [0.15, 0.2) is 0 Å². The van der Waals surface area contributed by atoms with Gasteiger partial charge in [0.05, 0.1) is 37.6 Å². The van der Waals surface area contributed by atoms with Crippen molar-refractivity contribution in [1.29, 1.82) is 0 Å². The average molecular weight is 1320 g/mol. The number of hydrogen-bond acceptors (Lipinski definition) is 12. The van der Waals surface area contributed by atoms with Crippen molar-refractivity contribution in [3.63, 3.8) is 0 Å². The minimum Gasteiger partial charge on any atom is -0.399 e. The number of pyridine rings is 2.